The van der Waals surface area contributed by atoms with Gasteiger partial charge >= 0.3 is 0 Å². The van der Waals surface area contributed by atoms with Crippen molar-refractivity contribution in [2.45, 2.75) is 221 Å². The number of hydrogen-bond acceptors (Lipinski definition) is 2. The first-order valence-corrected chi connectivity index (χ1v) is 19.2. The fourth-order valence-corrected chi connectivity index (χ4v) is 7.61. The van der Waals surface area contributed by atoms with E-state index >= 15 is 0 Å². The lowest BCUT2D eigenvalue weighted by Gasteiger charge is -2.15. The summed E-state index contributed by atoms with van der Waals surface area (Å²) in [6, 6.07) is 0. The van der Waals surface area contributed by atoms with E-state index in [-0.39, 0.29) is 11.2 Å². The molecule has 2 fully saturated rings. The molecular weight excluding hydrogens is 512 g/mol. The highest BCUT2D eigenvalue weighted by molar-refractivity contribution is 5.03. The predicted molar refractivity (Wildman–Crippen MR) is 185 cm³/mol. The Morgan fingerprint density at radius 2 is 0.667 bits per heavy atom. The minimum absolute atomic E-state index is 0.150. The molecule has 2 aliphatic rings. The average Bonchev–Trinajstić information content (AvgIpc) is 3.75. The Morgan fingerprint density at radius 3 is 0.952 bits per heavy atom. The van der Waals surface area contributed by atoms with E-state index in [4.69, 9.17) is 9.47 Å². The van der Waals surface area contributed by atoms with Crippen molar-refractivity contribution in [3.63, 3.8) is 0 Å². The van der Waals surface area contributed by atoms with E-state index in [0.717, 1.165) is 35.5 Å². The zero-order valence-electron chi connectivity index (χ0n) is 30.6. The molecule has 2 heteroatoms. The molecule has 2 heterocycles. The summed E-state index contributed by atoms with van der Waals surface area (Å²) in [7, 11) is 0. The predicted octanol–water partition coefficient (Wildman–Crippen LogP) is 13.0. The van der Waals surface area contributed by atoms with E-state index < -0.39 is 0 Å². The molecule has 2 rings (SSSR count). The van der Waals surface area contributed by atoms with Crippen molar-refractivity contribution in [1.82, 2.24) is 0 Å². The lowest BCUT2D eigenvalue weighted by molar-refractivity contribution is 0.273. The summed E-state index contributed by atoms with van der Waals surface area (Å²) in [5.74, 6) is 5.25. The number of rotatable bonds is 27. The van der Waals surface area contributed by atoms with Gasteiger partial charge in [0.1, 0.15) is 0 Å². The Balaban J connectivity index is 1.45. The monoisotopic (exact) mass is 591 g/mol. The average molecular weight is 591 g/mol. The van der Waals surface area contributed by atoms with Gasteiger partial charge in [-0.05, 0) is 75.0 Å². The van der Waals surface area contributed by atoms with Gasteiger partial charge < -0.3 is 9.47 Å². The lowest BCUT2D eigenvalue weighted by Crippen LogP contribution is -2.14. The van der Waals surface area contributed by atoms with Gasteiger partial charge in [0.25, 0.3) is 0 Å². The highest BCUT2D eigenvalue weighted by atomic mass is 16.6. The summed E-state index contributed by atoms with van der Waals surface area (Å²) in [5, 5.41) is 0. The first-order chi connectivity index (χ1) is 19.8. The third-order valence-electron chi connectivity index (χ3n) is 11.2. The summed E-state index contributed by atoms with van der Waals surface area (Å²) < 4.78 is 12.5. The van der Waals surface area contributed by atoms with E-state index in [9.17, 15) is 0 Å². The van der Waals surface area contributed by atoms with Crippen molar-refractivity contribution in [3.05, 3.63) is 0 Å². The van der Waals surface area contributed by atoms with E-state index in [1.54, 1.807) is 0 Å². The zero-order valence-corrected chi connectivity index (χ0v) is 30.6. The van der Waals surface area contributed by atoms with Crippen LogP contribution in [0.1, 0.15) is 198 Å². The van der Waals surface area contributed by atoms with E-state index in [2.05, 4.69) is 69.2 Å². The summed E-state index contributed by atoms with van der Waals surface area (Å²) in [4.78, 5) is 0. The second-order valence-electron chi connectivity index (χ2n) is 17.1. The maximum atomic E-state index is 6.24. The van der Waals surface area contributed by atoms with Crippen LogP contribution in [0.15, 0.2) is 0 Å². The van der Waals surface area contributed by atoms with Gasteiger partial charge in [0.05, 0.1) is 23.4 Å². The third kappa shape index (κ3) is 16.3. The smallest absolute Gasteiger partial charge is 0.0920 e. The minimum Gasteiger partial charge on any atom is -0.366 e. The lowest BCUT2D eigenvalue weighted by atomic mass is 9.89. The SMILES string of the molecule is CC(C)CCC[C@@H](C)CCC[C@@H](C)CCC[C@@]1(C)O[C@@H]1CC[C@H]1O[C@]1(C)CCC[C@H](C)CCC[C@H](C)CCCC(C)C. The van der Waals surface area contributed by atoms with Crippen LogP contribution < -0.4 is 0 Å². The molecule has 2 aliphatic heterocycles. The summed E-state index contributed by atoms with van der Waals surface area (Å²) in [6.45, 7) is 24.0. The second-order valence-corrected chi connectivity index (χ2v) is 17.1. The summed E-state index contributed by atoms with van der Waals surface area (Å²) in [5.41, 5.74) is 0.300. The molecule has 250 valence electrons. The summed E-state index contributed by atoms with van der Waals surface area (Å²) in [6.07, 6.45) is 28.1. The Hall–Kier alpha value is -0.0800. The molecule has 0 saturated carbocycles. The van der Waals surface area contributed by atoms with Crippen LogP contribution in [-0.4, -0.2) is 23.4 Å². The Bertz CT molecular complexity index is 629. The highest BCUT2D eigenvalue weighted by Gasteiger charge is 2.55. The molecule has 0 N–H and O–H groups in total. The van der Waals surface area contributed by atoms with Crippen LogP contribution >= 0.6 is 0 Å². The third-order valence-corrected chi connectivity index (χ3v) is 11.2. The van der Waals surface area contributed by atoms with Gasteiger partial charge in [-0.1, -0.05) is 158 Å². The van der Waals surface area contributed by atoms with Crippen molar-refractivity contribution >= 4 is 0 Å². The topological polar surface area (TPSA) is 25.1 Å². The fraction of sp³-hybridized carbons (Fsp3) is 1.00. The largest absolute Gasteiger partial charge is 0.366 e. The molecule has 0 aromatic heterocycles. The normalized spacial score (nSPS) is 28.3. The molecule has 0 unspecified atom stereocenters. The number of ether oxygens (including phenoxy) is 2. The van der Waals surface area contributed by atoms with Crippen LogP contribution in [0.2, 0.25) is 0 Å². The Kier molecular flexibility index (Phi) is 17.6. The van der Waals surface area contributed by atoms with E-state index in [1.807, 2.05) is 0 Å². The van der Waals surface area contributed by atoms with E-state index in [0.29, 0.717) is 12.2 Å². The van der Waals surface area contributed by atoms with E-state index in [1.165, 1.54) is 128 Å². The Labute approximate surface area is 265 Å². The van der Waals surface area contributed by atoms with Crippen LogP contribution in [-0.2, 0) is 9.47 Å². The standard InChI is InChI=1S/C40H78O2/c1-31(2)17-11-19-33(5)21-13-23-35(7)25-15-29-39(9)37(41-39)27-28-38-40(10,42-38)30-16-26-36(8)24-14-22-34(6)20-12-18-32(3)4/h31-38H,11-30H2,1-10H3/t33-,34-,35-,36-,37-,38-,39-,40-/m1/s1. The van der Waals surface area contributed by atoms with Gasteiger partial charge in [-0.15, -0.1) is 0 Å². The highest BCUT2D eigenvalue weighted by Crippen LogP contribution is 2.48. The zero-order chi connectivity index (χ0) is 31.2. The van der Waals surface area contributed by atoms with Crippen molar-refractivity contribution in [2.75, 3.05) is 0 Å². The van der Waals surface area contributed by atoms with Gasteiger partial charge in [0.15, 0.2) is 0 Å². The molecule has 2 nitrogen and oxygen atoms in total. The molecule has 8 atom stereocenters. The maximum Gasteiger partial charge on any atom is 0.0920 e. The Morgan fingerprint density at radius 1 is 0.405 bits per heavy atom. The molecule has 0 spiro atoms. The second kappa shape index (κ2) is 19.4. The molecule has 0 radical (unpaired) electrons. The van der Waals surface area contributed by atoms with Gasteiger partial charge in [-0.3, -0.25) is 0 Å². The van der Waals surface area contributed by atoms with Crippen LogP contribution in [0.3, 0.4) is 0 Å². The first-order valence-electron chi connectivity index (χ1n) is 19.2. The van der Waals surface area contributed by atoms with Crippen molar-refractivity contribution in [1.29, 1.82) is 0 Å². The first kappa shape index (κ1) is 38.1. The van der Waals surface area contributed by atoms with Gasteiger partial charge in [0, 0.05) is 0 Å². The van der Waals surface area contributed by atoms with Crippen LogP contribution in [0.25, 0.3) is 0 Å². The van der Waals surface area contributed by atoms with Crippen molar-refractivity contribution < 1.29 is 9.47 Å². The maximum absolute atomic E-state index is 6.24. The van der Waals surface area contributed by atoms with Crippen LogP contribution in [0.5, 0.6) is 0 Å². The molecule has 0 aliphatic carbocycles. The fourth-order valence-electron chi connectivity index (χ4n) is 7.61. The quantitative estimate of drug-likeness (QED) is 0.0889. The van der Waals surface area contributed by atoms with Gasteiger partial charge in [0.2, 0.25) is 0 Å². The molecule has 2 saturated heterocycles. The molecule has 0 aromatic rings. The number of epoxide rings is 2. The number of hydrogen-bond donors (Lipinski definition) is 0. The van der Waals surface area contributed by atoms with Crippen LogP contribution in [0, 0.1) is 35.5 Å². The summed E-state index contributed by atoms with van der Waals surface area (Å²) >= 11 is 0. The van der Waals surface area contributed by atoms with Crippen LogP contribution in [0.4, 0.5) is 0 Å². The minimum atomic E-state index is 0.150. The van der Waals surface area contributed by atoms with Gasteiger partial charge in [-0.2, -0.15) is 0 Å². The van der Waals surface area contributed by atoms with Gasteiger partial charge in [-0.25, -0.2) is 0 Å². The molecule has 0 amide bonds. The van der Waals surface area contributed by atoms with Crippen molar-refractivity contribution in [2.24, 2.45) is 35.5 Å². The molecular formula is C40H78O2. The van der Waals surface area contributed by atoms with Crippen molar-refractivity contribution in [3.8, 4) is 0 Å². The molecule has 42 heavy (non-hydrogen) atoms. The molecule has 0 aromatic carbocycles. The molecule has 0 bridgehead atoms.